The molecule has 0 atom stereocenters. The number of hydrogen-bond acceptors (Lipinski definition) is 1. The Balaban J connectivity index is 2.11. The van der Waals surface area contributed by atoms with Crippen molar-refractivity contribution >= 4 is 5.57 Å². The second-order valence-electron chi connectivity index (χ2n) is 6.45. The number of benzene rings is 2. The minimum atomic E-state index is 0.133. The van der Waals surface area contributed by atoms with Crippen molar-refractivity contribution in [3.05, 3.63) is 65.7 Å². The van der Waals surface area contributed by atoms with E-state index in [4.69, 9.17) is 4.74 Å². The molecule has 0 saturated heterocycles. The van der Waals surface area contributed by atoms with E-state index in [1.54, 1.807) is 0 Å². The molecule has 2 aromatic rings. The Kier molecular flexibility index (Phi) is 2.93. The van der Waals surface area contributed by atoms with Gasteiger partial charge in [-0.25, -0.2) is 0 Å². The van der Waals surface area contributed by atoms with Gasteiger partial charge >= 0.3 is 0 Å². The largest absolute Gasteiger partial charge is 0.456 e. The van der Waals surface area contributed by atoms with Crippen LogP contribution in [-0.2, 0) is 11.8 Å². The van der Waals surface area contributed by atoms with Gasteiger partial charge in [-0.2, -0.15) is 0 Å². The van der Waals surface area contributed by atoms with Crippen LogP contribution >= 0.6 is 0 Å². The molecule has 0 spiro atoms. The summed E-state index contributed by atoms with van der Waals surface area (Å²) in [5.41, 5.74) is 4.90. The van der Waals surface area contributed by atoms with Crippen molar-refractivity contribution < 1.29 is 4.74 Å². The minimum absolute atomic E-state index is 0.133. The average Bonchev–Trinajstić information content (AvgIpc) is 2.53. The van der Waals surface area contributed by atoms with Gasteiger partial charge in [0, 0.05) is 12.0 Å². The predicted molar refractivity (Wildman–Crippen MR) is 84.4 cm³/mol. The van der Waals surface area contributed by atoms with Crippen LogP contribution in [0.5, 0.6) is 11.5 Å². The van der Waals surface area contributed by atoms with Crippen molar-refractivity contribution in [1.29, 1.82) is 0 Å². The van der Waals surface area contributed by atoms with Crippen LogP contribution in [0, 0.1) is 0 Å². The second-order valence-corrected chi connectivity index (χ2v) is 6.45. The van der Waals surface area contributed by atoms with Gasteiger partial charge in [0.1, 0.15) is 11.5 Å². The number of rotatable bonds is 0. The standard InChI is InChI=1S/C19H20O/c1-13-11-14-7-5-6-8-17(14)20-18-10-9-15(12-16(13)18)19(2,3)4/h5-10,12H,1,11H2,2-4H3. The molecule has 0 fully saturated rings. The van der Waals surface area contributed by atoms with Gasteiger partial charge in [-0.3, -0.25) is 0 Å². The Morgan fingerprint density at radius 3 is 2.50 bits per heavy atom. The molecule has 0 aliphatic carbocycles. The van der Waals surface area contributed by atoms with Gasteiger partial charge in [0.15, 0.2) is 0 Å². The van der Waals surface area contributed by atoms with Crippen molar-refractivity contribution in [2.75, 3.05) is 0 Å². The van der Waals surface area contributed by atoms with Gasteiger partial charge in [0.2, 0.25) is 0 Å². The molecule has 1 aliphatic rings. The first-order valence-corrected chi connectivity index (χ1v) is 7.03. The zero-order valence-electron chi connectivity index (χ0n) is 12.4. The number of hydrogen-bond donors (Lipinski definition) is 0. The fourth-order valence-corrected chi connectivity index (χ4v) is 2.55. The van der Waals surface area contributed by atoms with Crippen LogP contribution in [0.4, 0.5) is 0 Å². The van der Waals surface area contributed by atoms with Gasteiger partial charge in [-0.05, 0) is 40.3 Å². The van der Waals surface area contributed by atoms with E-state index < -0.39 is 0 Å². The van der Waals surface area contributed by atoms with Crippen LogP contribution in [0.15, 0.2) is 49.0 Å². The van der Waals surface area contributed by atoms with Gasteiger partial charge in [-0.15, -0.1) is 0 Å². The van der Waals surface area contributed by atoms with Gasteiger partial charge < -0.3 is 4.74 Å². The van der Waals surface area contributed by atoms with E-state index >= 15 is 0 Å². The normalized spacial score (nSPS) is 14.1. The first-order valence-electron chi connectivity index (χ1n) is 7.03. The first-order chi connectivity index (χ1) is 9.45. The van der Waals surface area contributed by atoms with Crippen LogP contribution in [-0.4, -0.2) is 0 Å². The van der Waals surface area contributed by atoms with Crippen LogP contribution in [0.2, 0.25) is 0 Å². The number of ether oxygens (including phenoxy) is 1. The van der Waals surface area contributed by atoms with Gasteiger partial charge in [0.05, 0.1) is 0 Å². The maximum absolute atomic E-state index is 6.08. The van der Waals surface area contributed by atoms with E-state index in [-0.39, 0.29) is 5.41 Å². The van der Waals surface area contributed by atoms with Crippen molar-refractivity contribution in [3.8, 4) is 11.5 Å². The SMILES string of the molecule is C=C1Cc2ccccc2Oc2ccc(C(C)(C)C)cc21. The lowest BCUT2D eigenvalue weighted by molar-refractivity contribution is 0.478. The average molecular weight is 264 g/mol. The molecule has 0 radical (unpaired) electrons. The van der Waals surface area contributed by atoms with E-state index in [0.717, 1.165) is 29.1 Å². The Hall–Kier alpha value is -2.02. The van der Waals surface area contributed by atoms with Crippen molar-refractivity contribution in [2.45, 2.75) is 32.6 Å². The summed E-state index contributed by atoms with van der Waals surface area (Å²) in [5, 5.41) is 0. The first kappa shape index (κ1) is 13.0. The highest BCUT2D eigenvalue weighted by Crippen LogP contribution is 2.39. The molecular formula is C19H20O. The zero-order chi connectivity index (χ0) is 14.3. The van der Waals surface area contributed by atoms with E-state index in [1.165, 1.54) is 11.1 Å². The van der Waals surface area contributed by atoms with Crippen molar-refractivity contribution in [1.82, 2.24) is 0 Å². The highest BCUT2D eigenvalue weighted by atomic mass is 16.5. The summed E-state index contributed by atoms with van der Waals surface area (Å²) in [6, 6.07) is 14.6. The highest BCUT2D eigenvalue weighted by Gasteiger charge is 2.20. The summed E-state index contributed by atoms with van der Waals surface area (Å²) in [7, 11) is 0. The summed E-state index contributed by atoms with van der Waals surface area (Å²) in [6.45, 7) is 10.9. The monoisotopic (exact) mass is 264 g/mol. The zero-order valence-corrected chi connectivity index (χ0v) is 12.4. The Morgan fingerprint density at radius 2 is 1.75 bits per heavy atom. The summed E-state index contributed by atoms with van der Waals surface area (Å²) >= 11 is 0. The Morgan fingerprint density at radius 1 is 1.00 bits per heavy atom. The molecule has 0 bridgehead atoms. The van der Waals surface area contributed by atoms with E-state index in [9.17, 15) is 0 Å². The summed E-state index contributed by atoms with van der Waals surface area (Å²) in [5.74, 6) is 1.85. The van der Waals surface area contributed by atoms with Crippen molar-refractivity contribution in [3.63, 3.8) is 0 Å². The molecule has 102 valence electrons. The highest BCUT2D eigenvalue weighted by molar-refractivity contribution is 5.74. The number of allylic oxidation sites excluding steroid dienone is 1. The molecule has 3 rings (SSSR count). The number of para-hydroxylation sites is 1. The molecule has 0 saturated carbocycles. The molecule has 20 heavy (non-hydrogen) atoms. The summed E-state index contributed by atoms with van der Waals surface area (Å²) in [4.78, 5) is 0. The molecule has 2 aromatic carbocycles. The molecule has 1 aliphatic heterocycles. The molecule has 0 amide bonds. The smallest absolute Gasteiger partial charge is 0.134 e. The third-order valence-electron chi connectivity index (χ3n) is 3.82. The molecule has 1 heterocycles. The number of fused-ring (bicyclic) bond motifs is 2. The van der Waals surface area contributed by atoms with E-state index in [0.29, 0.717) is 0 Å². The molecule has 0 N–H and O–H groups in total. The maximum Gasteiger partial charge on any atom is 0.134 e. The third kappa shape index (κ3) is 2.24. The quantitative estimate of drug-likeness (QED) is 0.623. The Labute approximate surface area is 120 Å². The van der Waals surface area contributed by atoms with Crippen LogP contribution in [0.25, 0.3) is 5.57 Å². The maximum atomic E-state index is 6.08. The summed E-state index contributed by atoms with van der Waals surface area (Å²) in [6.07, 6.45) is 0.844. The lowest BCUT2D eigenvalue weighted by atomic mass is 9.85. The fraction of sp³-hybridized carbons (Fsp3) is 0.263. The third-order valence-corrected chi connectivity index (χ3v) is 3.82. The topological polar surface area (TPSA) is 9.23 Å². The Bertz CT molecular complexity index is 674. The molecule has 0 unspecified atom stereocenters. The molecular weight excluding hydrogens is 244 g/mol. The second kappa shape index (κ2) is 4.52. The van der Waals surface area contributed by atoms with Crippen LogP contribution in [0.3, 0.4) is 0 Å². The molecule has 1 nitrogen and oxygen atoms in total. The molecule has 0 aromatic heterocycles. The minimum Gasteiger partial charge on any atom is -0.456 e. The summed E-state index contributed by atoms with van der Waals surface area (Å²) < 4.78 is 6.08. The fourth-order valence-electron chi connectivity index (χ4n) is 2.55. The van der Waals surface area contributed by atoms with Crippen LogP contribution in [0.1, 0.15) is 37.5 Å². The lowest BCUT2D eigenvalue weighted by Crippen LogP contribution is -2.11. The van der Waals surface area contributed by atoms with E-state index in [2.05, 4.69) is 51.6 Å². The van der Waals surface area contributed by atoms with Crippen molar-refractivity contribution in [2.24, 2.45) is 0 Å². The van der Waals surface area contributed by atoms with Crippen LogP contribution < -0.4 is 4.74 Å². The lowest BCUT2D eigenvalue weighted by Gasteiger charge is -2.21. The van der Waals surface area contributed by atoms with E-state index in [1.807, 2.05) is 18.2 Å². The molecule has 1 heteroatoms. The van der Waals surface area contributed by atoms with Gasteiger partial charge in [0.25, 0.3) is 0 Å². The predicted octanol–water partition coefficient (Wildman–Crippen LogP) is 5.35. The van der Waals surface area contributed by atoms with Gasteiger partial charge in [-0.1, -0.05) is 51.6 Å².